The van der Waals surface area contributed by atoms with E-state index in [-0.39, 0.29) is 16.8 Å². The van der Waals surface area contributed by atoms with Crippen molar-refractivity contribution in [3.8, 4) is 0 Å². The van der Waals surface area contributed by atoms with E-state index in [4.69, 9.17) is 5.14 Å². The van der Waals surface area contributed by atoms with Crippen molar-refractivity contribution < 1.29 is 12.8 Å². The molecule has 0 aliphatic carbocycles. The number of halogens is 1. The number of anilines is 1. The number of benzene rings is 2. The molecule has 0 saturated carbocycles. The minimum absolute atomic E-state index is 0.0727. The van der Waals surface area contributed by atoms with E-state index in [1.54, 1.807) is 31.2 Å². The van der Waals surface area contributed by atoms with Gasteiger partial charge in [0.15, 0.2) is 0 Å². The molecule has 2 atom stereocenters. The van der Waals surface area contributed by atoms with Crippen LogP contribution in [0.4, 0.5) is 10.1 Å². The van der Waals surface area contributed by atoms with Gasteiger partial charge in [-0.25, -0.2) is 17.9 Å². The zero-order valence-corrected chi connectivity index (χ0v) is 17.9. The van der Waals surface area contributed by atoms with Gasteiger partial charge in [0.1, 0.15) is 5.82 Å². The predicted molar refractivity (Wildman–Crippen MR) is 114 cm³/mol. The second-order valence-corrected chi connectivity index (χ2v) is 9.35. The molecule has 1 aliphatic rings. The van der Waals surface area contributed by atoms with Gasteiger partial charge in [0.2, 0.25) is 10.0 Å². The number of nitrogens with two attached hydrogens (primary N) is 1. The van der Waals surface area contributed by atoms with Crippen molar-refractivity contribution in [3.05, 3.63) is 59.4 Å². The van der Waals surface area contributed by atoms with Crippen molar-refractivity contribution in [1.82, 2.24) is 10.2 Å². The summed E-state index contributed by atoms with van der Waals surface area (Å²) in [6.07, 6.45) is 0. The summed E-state index contributed by atoms with van der Waals surface area (Å²) in [6.45, 7) is 7.41. The van der Waals surface area contributed by atoms with E-state index in [1.165, 1.54) is 12.1 Å². The Hall–Kier alpha value is -2.00. The molecule has 1 heterocycles. The molecule has 0 amide bonds. The van der Waals surface area contributed by atoms with Gasteiger partial charge in [-0.1, -0.05) is 12.1 Å². The number of hydrogen-bond donors (Lipinski definition) is 2. The molecule has 0 spiro atoms. The molecule has 3 N–H and O–H groups in total. The van der Waals surface area contributed by atoms with E-state index in [0.29, 0.717) is 11.6 Å². The van der Waals surface area contributed by atoms with Crippen LogP contribution in [0.3, 0.4) is 0 Å². The Morgan fingerprint density at radius 2 is 1.97 bits per heavy atom. The number of nitrogens with zero attached hydrogens (tertiary/aromatic N) is 2. The standard InChI is InChI=1S/C21H29FN4O2S/c1-15-4-5-17(12-20(15)22)21(14-26-11-10-24-16(2)13-26)25(3)18-6-8-19(9-7-18)29(23,27)28/h4-9,12,16,21,24H,10-11,13-14H2,1-3H3,(H2,23,27,28)/t16-,21?/m1/s1. The lowest BCUT2D eigenvalue weighted by Crippen LogP contribution is -2.51. The second-order valence-electron chi connectivity index (χ2n) is 7.79. The van der Waals surface area contributed by atoms with Gasteiger partial charge in [0, 0.05) is 45.0 Å². The van der Waals surface area contributed by atoms with Crippen LogP contribution in [0.15, 0.2) is 47.4 Å². The molecule has 8 heteroatoms. The van der Waals surface area contributed by atoms with E-state index < -0.39 is 10.0 Å². The highest BCUT2D eigenvalue weighted by Crippen LogP contribution is 2.29. The summed E-state index contributed by atoms with van der Waals surface area (Å²) >= 11 is 0. The second kappa shape index (κ2) is 8.79. The third-order valence-electron chi connectivity index (χ3n) is 5.50. The van der Waals surface area contributed by atoms with Crippen LogP contribution in [-0.2, 0) is 10.0 Å². The molecular formula is C21H29FN4O2S. The van der Waals surface area contributed by atoms with Crippen LogP contribution in [0.5, 0.6) is 0 Å². The quantitative estimate of drug-likeness (QED) is 0.750. The van der Waals surface area contributed by atoms with Crippen LogP contribution in [0, 0.1) is 12.7 Å². The number of likely N-dealkylation sites (N-methyl/N-ethyl adjacent to an activating group) is 1. The topological polar surface area (TPSA) is 78.7 Å². The van der Waals surface area contributed by atoms with Gasteiger partial charge in [-0.3, -0.25) is 4.90 Å². The van der Waals surface area contributed by atoms with Crippen molar-refractivity contribution in [2.45, 2.75) is 30.8 Å². The first-order chi connectivity index (χ1) is 13.6. The molecule has 1 fully saturated rings. The van der Waals surface area contributed by atoms with Gasteiger partial charge >= 0.3 is 0 Å². The first-order valence-electron chi connectivity index (χ1n) is 9.72. The van der Waals surface area contributed by atoms with Crippen LogP contribution in [0.25, 0.3) is 0 Å². The molecule has 0 bridgehead atoms. The summed E-state index contributed by atoms with van der Waals surface area (Å²) in [5, 5.41) is 8.64. The van der Waals surface area contributed by atoms with Crippen molar-refractivity contribution in [1.29, 1.82) is 0 Å². The van der Waals surface area contributed by atoms with E-state index in [2.05, 4.69) is 22.0 Å². The Kier molecular flexibility index (Phi) is 6.58. The molecule has 158 valence electrons. The highest BCUT2D eigenvalue weighted by Gasteiger charge is 2.25. The maximum Gasteiger partial charge on any atom is 0.238 e. The van der Waals surface area contributed by atoms with Crippen LogP contribution in [-0.4, -0.2) is 52.6 Å². The van der Waals surface area contributed by atoms with Crippen LogP contribution in [0.1, 0.15) is 24.1 Å². The number of nitrogens with one attached hydrogen (secondary N) is 1. The Morgan fingerprint density at radius 3 is 2.55 bits per heavy atom. The van der Waals surface area contributed by atoms with E-state index >= 15 is 0 Å². The molecule has 6 nitrogen and oxygen atoms in total. The molecule has 0 radical (unpaired) electrons. The zero-order chi connectivity index (χ0) is 21.2. The summed E-state index contributed by atoms with van der Waals surface area (Å²) in [5.41, 5.74) is 2.34. The van der Waals surface area contributed by atoms with E-state index in [1.807, 2.05) is 13.1 Å². The first-order valence-corrected chi connectivity index (χ1v) is 11.3. The average Bonchev–Trinajstić information content (AvgIpc) is 2.67. The van der Waals surface area contributed by atoms with Crippen LogP contribution in [0.2, 0.25) is 0 Å². The summed E-state index contributed by atoms with van der Waals surface area (Å²) in [5.74, 6) is -0.223. The Morgan fingerprint density at radius 1 is 1.28 bits per heavy atom. The smallest absolute Gasteiger partial charge is 0.238 e. The lowest BCUT2D eigenvalue weighted by atomic mass is 10.0. The van der Waals surface area contributed by atoms with Crippen LogP contribution < -0.4 is 15.4 Å². The maximum atomic E-state index is 14.3. The number of rotatable bonds is 6. The third kappa shape index (κ3) is 5.33. The summed E-state index contributed by atoms with van der Waals surface area (Å²) in [7, 11) is -1.80. The molecule has 29 heavy (non-hydrogen) atoms. The molecule has 2 aromatic carbocycles. The fourth-order valence-corrected chi connectivity index (χ4v) is 4.26. The summed E-state index contributed by atoms with van der Waals surface area (Å²) in [6, 6.07) is 12.1. The number of sulfonamides is 1. The number of primary sulfonamides is 1. The zero-order valence-electron chi connectivity index (χ0n) is 17.1. The molecule has 0 aromatic heterocycles. The average molecular weight is 421 g/mol. The maximum absolute atomic E-state index is 14.3. The van der Waals surface area contributed by atoms with Gasteiger partial charge < -0.3 is 10.2 Å². The Bertz CT molecular complexity index is 950. The van der Waals surface area contributed by atoms with Gasteiger partial charge in [-0.15, -0.1) is 0 Å². The highest BCUT2D eigenvalue weighted by atomic mass is 32.2. The number of piperazine rings is 1. The lowest BCUT2D eigenvalue weighted by molar-refractivity contribution is 0.195. The Labute approximate surface area is 172 Å². The van der Waals surface area contributed by atoms with Gasteiger partial charge in [-0.05, 0) is 55.3 Å². The fraction of sp³-hybridized carbons (Fsp3) is 0.429. The highest BCUT2D eigenvalue weighted by molar-refractivity contribution is 7.89. The van der Waals surface area contributed by atoms with E-state index in [9.17, 15) is 12.8 Å². The molecule has 1 saturated heterocycles. The molecule has 3 rings (SSSR count). The number of hydrogen-bond acceptors (Lipinski definition) is 5. The molecule has 1 unspecified atom stereocenters. The molecule has 2 aromatic rings. The normalized spacial score (nSPS) is 19.1. The van der Waals surface area contributed by atoms with Crippen molar-refractivity contribution in [2.75, 3.05) is 38.1 Å². The SMILES string of the molecule is Cc1ccc(C(CN2CCN[C@H](C)C2)N(C)c2ccc(S(N)(=O)=O)cc2)cc1F. The lowest BCUT2D eigenvalue weighted by Gasteiger charge is -2.38. The summed E-state index contributed by atoms with van der Waals surface area (Å²) < 4.78 is 37.4. The molecular weight excluding hydrogens is 391 g/mol. The summed E-state index contributed by atoms with van der Waals surface area (Å²) in [4.78, 5) is 4.51. The largest absolute Gasteiger partial charge is 0.366 e. The minimum atomic E-state index is -3.74. The third-order valence-corrected chi connectivity index (χ3v) is 6.43. The first kappa shape index (κ1) is 21.7. The van der Waals surface area contributed by atoms with Gasteiger partial charge in [0.05, 0.1) is 10.9 Å². The fourth-order valence-electron chi connectivity index (χ4n) is 3.74. The van der Waals surface area contributed by atoms with Crippen molar-refractivity contribution in [2.24, 2.45) is 5.14 Å². The van der Waals surface area contributed by atoms with Crippen molar-refractivity contribution >= 4 is 15.7 Å². The monoisotopic (exact) mass is 420 g/mol. The molecule has 1 aliphatic heterocycles. The van der Waals surface area contributed by atoms with Crippen LogP contribution >= 0.6 is 0 Å². The Balaban J connectivity index is 1.91. The van der Waals surface area contributed by atoms with E-state index in [0.717, 1.165) is 37.4 Å². The van der Waals surface area contributed by atoms with Gasteiger partial charge in [0.25, 0.3) is 0 Å². The number of aryl methyl sites for hydroxylation is 1. The van der Waals surface area contributed by atoms with Crippen molar-refractivity contribution in [3.63, 3.8) is 0 Å². The predicted octanol–water partition coefficient (Wildman–Crippen LogP) is 2.25. The van der Waals surface area contributed by atoms with Gasteiger partial charge in [-0.2, -0.15) is 0 Å². The minimum Gasteiger partial charge on any atom is -0.366 e.